The molecule has 0 bridgehead atoms. The lowest BCUT2D eigenvalue weighted by molar-refractivity contribution is 0.362. The summed E-state index contributed by atoms with van der Waals surface area (Å²) in [6.07, 6.45) is 1.65. The van der Waals surface area contributed by atoms with E-state index in [0.29, 0.717) is 17.9 Å². The maximum absolute atomic E-state index is 7.28. The van der Waals surface area contributed by atoms with E-state index in [-0.39, 0.29) is 18.2 Å². The van der Waals surface area contributed by atoms with Crippen molar-refractivity contribution in [2.75, 3.05) is 6.61 Å². The van der Waals surface area contributed by atoms with Gasteiger partial charge in [-0.1, -0.05) is 24.8 Å². The average Bonchev–Trinajstić information content (AvgIpc) is 2.15. The molecule has 3 nitrogen and oxygen atoms in total. The molecule has 0 radical (unpaired) electrons. The summed E-state index contributed by atoms with van der Waals surface area (Å²) in [5.41, 5.74) is 5.98. The molecule has 14 heavy (non-hydrogen) atoms. The van der Waals surface area contributed by atoms with Gasteiger partial charge in [0.25, 0.3) is 0 Å². The molecule has 4 heteroatoms. The fraction of sp³-hybridized carbons (Fsp3) is 0.100. The van der Waals surface area contributed by atoms with E-state index in [4.69, 9.17) is 15.9 Å². The molecule has 3 N–H and O–H groups in total. The van der Waals surface area contributed by atoms with Crippen molar-refractivity contribution in [2.24, 2.45) is 5.73 Å². The summed E-state index contributed by atoms with van der Waals surface area (Å²) in [4.78, 5) is 0. The van der Waals surface area contributed by atoms with Gasteiger partial charge in [-0.15, -0.1) is 12.4 Å². The highest BCUT2D eigenvalue weighted by Gasteiger charge is 2.03. The second kappa shape index (κ2) is 6.05. The first-order valence-corrected chi connectivity index (χ1v) is 3.93. The van der Waals surface area contributed by atoms with Crippen molar-refractivity contribution in [1.29, 1.82) is 5.41 Å². The number of halogens is 1. The molecule has 0 fully saturated rings. The predicted molar refractivity (Wildman–Crippen MR) is 60.4 cm³/mol. The van der Waals surface area contributed by atoms with Gasteiger partial charge in [0.05, 0.1) is 5.56 Å². The van der Waals surface area contributed by atoms with Crippen LogP contribution in [0.1, 0.15) is 5.56 Å². The maximum atomic E-state index is 7.28. The van der Waals surface area contributed by atoms with E-state index in [2.05, 4.69) is 6.58 Å². The Morgan fingerprint density at radius 1 is 1.50 bits per heavy atom. The van der Waals surface area contributed by atoms with Gasteiger partial charge in [-0.25, -0.2) is 0 Å². The summed E-state index contributed by atoms with van der Waals surface area (Å²) >= 11 is 0. The van der Waals surface area contributed by atoms with E-state index in [9.17, 15) is 0 Å². The van der Waals surface area contributed by atoms with Crippen LogP contribution in [0.15, 0.2) is 36.9 Å². The minimum absolute atomic E-state index is 0. The largest absolute Gasteiger partial charge is 0.489 e. The number of benzene rings is 1. The number of hydrogen-bond acceptors (Lipinski definition) is 2. The Kier molecular flexibility index (Phi) is 5.41. The molecule has 0 aliphatic carbocycles. The Morgan fingerprint density at radius 2 is 2.14 bits per heavy atom. The smallest absolute Gasteiger partial charge is 0.130 e. The van der Waals surface area contributed by atoms with Crippen LogP contribution in [-0.2, 0) is 0 Å². The molecule has 0 aliphatic rings. The molecule has 1 rings (SSSR count). The van der Waals surface area contributed by atoms with Gasteiger partial charge in [0.2, 0.25) is 0 Å². The maximum Gasteiger partial charge on any atom is 0.130 e. The number of nitrogens with one attached hydrogen (secondary N) is 1. The van der Waals surface area contributed by atoms with E-state index in [1.165, 1.54) is 0 Å². The van der Waals surface area contributed by atoms with E-state index < -0.39 is 0 Å². The highest BCUT2D eigenvalue weighted by molar-refractivity contribution is 5.97. The molecular formula is C10H13ClN2O. The van der Waals surface area contributed by atoms with Crippen LogP contribution in [0.2, 0.25) is 0 Å². The summed E-state index contributed by atoms with van der Waals surface area (Å²) in [5, 5.41) is 7.28. The lowest BCUT2D eigenvalue weighted by atomic mass is 10.2. The normalized spacial score (nSPS) is 8.57. The zero-order chi connectivity index (χ0) is 9.68. The monoisotopic (exact) mass is 212 g/mol. The fourth-order valence-electron chi connectivity index (χ4n) is 0.964. The van der Waals surface area contributed by atoms with Gasteiger partial charge >= 0.3 is 0 Å². The minimum atomic E-state index is 0. The first kappa shape index (κ1) is 12.5. The third-order valence-electron chi connectivity index (χ3n) is 1.53. The molecule has 0 saturated carbocycles. The summed E-state index contributed by atoms with van der Waals surface area (Å²) in [6.45, 7) is 3.96. The van der Waals surface area contributed by atoms with Crippen molar-refractivity contribution in [3.63, 3.8) is 0 Å². The second-order valence-corrected chi connectivity index (χ2v) is 2.51. The molecule has 1 aromatic carbocycles. The second-order valence-electron chi connectivity index (χ2n) is 2.51. The van der Waals surface area contributed by atoms with Gasteiger partial charge in [-0.2, -0.15) is 0 Å². The summed E-state index contributed by atoms with van der Waals surface area (Å²) in [6, 6.07) is 7.18. The minimum Gasteiger partial charge on any atom is -0.489 e. The standard InChI is InChI=1S/C10H12N2O.ClH/c1-2-7-13-9-6-4-3-5-8(9)10(11)12;/h2-6H,1,7H2,(H3,11,12);1H. The summed E-state index contributed by atoms with van der Waals surface area (Å²) < 4.78 is 5.31. The lowest BCUT2D eigenvalue weighted by Crippen LogP contribution is -2.12. The number of para-hydroxylation sites is 1. The fourth-order valence-corrected chi connectivity index (χ4v) is 0.964. The van der Waals surface area contributed by atoms with Crippen LogP contribution in [0.3, 0.4) is 0 Å². The van der Waals surface area contributed by atoms with Gasteiger partial charge in [0.1, 0.15) is 18.2 Å². The number of hydrogen-bond donors (Lipinski definition) is 2. The number of nitrogens with two attached hydrogens (primary N) is 1. The van der Waals surface area contributed by atoms with Gasteiger partial charge < -0.3 is 10.5 Å². The molecule has 0 heterocycles. The molecule has 1 aromatic rings. The Balaban J connectivity index is 0.00000169. The molecule has 0 saturated heterocycles. The Bertz CT molecular complexity index is 326. The van der Waals surface area contributed by atoms with Gasteiger partial charge in [-0.3, -0.25) is 5.41 Å². The quantitative estimate of drug-likeness (QED) is 0.455. The van der Waals surface area contributed by atoms with Crippen LogP contribution < -0.4 is 10.5 Å². The van der Waals surface area contributed by atoms with E-state index in [0.717, 1.165) is 0 Å². The number of nitrogen functional groups attached to an aromatic ring is 1. The van der Waals surface area contributed by atoms with Gasteiger partial charge in [0.15, 0.2) is 0 Å². The van der Waals surface area contributed by atoms with Gasteiger partial charge in [0, 0.05) is 0 Å². The van der Waals surface area contributed by atoms with E-state index in [1.807, 2.05) is 12.1 Å². The zero-order valence-electron chi connectivity index (χ0n) is 7.69. The Labute approximate surface area is 89.5 Å². The average molecular weight is 213 g/mol. The number of ether oxygens (including phenoxy) is 1. The highest BCUT2D eigenvalue weighted by atomic mass is 35.5. The SMILES string of the molecule is C=CCOc1ccccc1C(=N)N.Cl. The zero-order valence-corrected chi connectivity index (χ0v) is 8.51. The first-order chi connectivity index (χ1) is 6.25. The molecule has 0 amide bonds. The van der Waals surface area contributed by atoms with Crippen molar-refractivity contribution in [1.82, 2.24) is 0 Å². The van der Waals surface area contributed by atoms with E-state index in [1.54, 1.807) is 18.2 Å². The molecule has 0 spiro atoms. The number of amidine groups is 1. The Hall–Kier alpha value is -1.48. The lowest BCUT2D eigenvalue weighted by Gasteiger charge is -2.07. The summed E-state index contributed by atoms with van der Waals surface area (Å²) in [5.74, 6) is 0.634. The first-order valence-electron chi connectivity index (χ1n) is 3.93. The Morgan fingerprint density at radius 3 is 2.71 bits per heavy atom. The van der Waals surface area contributed by atoms with Crippen LogP contribution in [0.4, 0.5) is 0 Å². The van der Waals surface area contributed by atoms with Gasteiger partial charge in [-0.05, 0) is 12.1 Å². The predicted octanol–water partition coefficient (Wildman–Crippen LogP) is 1.96. The van der Waals surface area contributed by atoms with Crippen LogP contribution in [0, 0.1) is 5.41 Å². The molecule has 0 unspecified atom stereocenters. The third kappa shape index (κ3) is 3.11. The molecule has 76 valence electrons. The van der Waals surface area contributed by atoms with Crippen LogP contribution in [-0.4, -0.2) is 12.4 Å². The van der Waals surface area contributed by atoms with E-state index >= 15 is 0 Å². The van der Waals surface area contributed by atoms with Crippen molar-refractivity contribution >= 4 is 18.2 Å². The highest BCUT2D eigenvalue weighted by Crippen LogP contribution is 2.16. The van der Waals surface area contributed by atoms with Crippen molar-refractivity contribution in [3.05, 3.63) is 42.5 Å². The van der Waals surface area contributed by atoms with Crippen molar-refractivity contribution in [3.8, 4) is 5.75 Å². The molecule has 0 aliphatic heterocycles. The van der Waals surface area contributed by atoms with Crippen molar-refractivity contribution in [2.45, 2.75) is 0 Å². The summed E-state index contributed by atoms with van der Waals surface area (Å²) in [7, 11) is 0. The van der Waals surface area contributed by atoms with Crippen LogP contribution in [0.25, 0.3) is 0 Å². The molecular weight excluding hydrogens is 200 g/mol. The van der Waals surface area contributed by atoms with Crippen molar-refractivity contribution < 1.29 is 4.74 Å². The molecule has 0 aromatic heterocycles. The molecule has 0 atom stereocenters. The number of rotatable bonds is 4. The van der Waals surface area contributed by atoms with Crippen LogP contribution >= 0.6 is 12.4 Å². The topological polar surface area (TPSA) is 59.1 Å². The third-order valence-corrected chi connectivity index (χ3v) is 1.53. The van der Waals surface area contributed by atoms with Crippen LogP contribution in [0.5, 0.6) is 5.75 Å².